The van der Waals surface area contributed by atoms with Crippen LogP contribution in [0.5, 0.6) is 0 Å². The van der Waals surface area contributed by atoms with E-state index in [2.05, 4.69) is 182 Å². The zero-order chi connectivity index (χ0) is 31.8. The number of hydrogen-bond donors (Lipinski definition) is 0. The second-order valence-corrected chi connectivity index (χ2v) is 24.9. The molecule has 2 nitrogen and oxygen atoms in total. The first-order valence-electron chi connectivity index (χ1n) is 16.4. The Bertz CT molecular complexity index is 2280. The molecule has 0 spiro atoms. The molecule has 2 aromatic heterocycles. The van der Waals surface area contributed by atoms with Gasteiger partial charge in [-0.1, -0.05) is 141 Å². The minimum absolute atomic E-state index is 1.18. The fraction of sp³-hybridized carbons (Fsp3) is 0.143. The molecule has 46 heavy (non-hydrogen) atoms. The van der Waals surface area contributed by atoms with Crippen molar-refractivity contribution in [2.75, 3.05) is 0 Å². The lowest BCUT2D eigenvalue weighted by Crippen LogP contribution is -2.37. The van der Waals surface area contributed by atoms with Gasteiger partial charge in [-0.2, -0.15) is 0 Å². The Morgan fingerprint density at radius 1 is 0.348 bits per heavy atom. The Kier molecular flexibility index (Phi) is 6.54. The smallest absolute Gasteiger partial charge is 0.0776 e. The Morgan fingerprint density at radius 3 is 1.22 bits per heavy atom. The number of rotatable bonds is 5. The largest absolute Gasteiger partial charge is 0.309 e. The van der Waals surface area contributed by atoms with E-state index in [0.717, 1.165) is 0 Å². The highest BCUT2D eigenvalue weighted by Crippen LogP contribution is 2.37. The lowest BCUT2D eigenvalue weighted by molar-refractivity contribution is 1.14. The van der Waals surface area contributed by atoms with E-state index >= 15 is 0 Å². The highest BCUT2D eigenvalue weighted by atomic mass is 28.3. The molecule has 0 atom stereocenters. The van der Waals surface area contributed by atoms with Crippen molar-refractivity contribution < 1.29 is 0 Å². The van der Waals surface area contributed by atoms with Crippen LogP contribution >= 0.6 is 0 Å². The first kappa shape index (κ1) is 28.8. The summed E-state index contributed by atoms with van der Waals surface area (Å²) in [4.78, 5) is 0. The summed E-state index contributed by atoms with van der Waals surface area (Å²) in [5.41, 5.74) is 9.84. The maximum atomic E-state index is 2.51. The molecule has 0 aliphatic carbocycles. The Labute approximate surface area is 273 Å². The molecule has 0 radical (unpaired) electrons. The van der Waals surface area contributed by atoms with Gasteiger partial charge < -0.3 is 9.13 Å². The van der Waals surface area contributed by atoms with E-state index in [9.17, 15) is 0 Å². The van der Waals surface area contributed by atoms with Crippen molar-refractivity contribution in [3.8, 4) is 22.5 Å². The predicted octanol–water partition coefficient (Wildman–Crippen LogP) is 10.6. The molecule has 4 heteroatoms. The predicted molar refractivity (Wildman–Crippen MR) is 207 cm³/mol. The molecule has 2 heterocycles. The van der Waals surface area contributed by atoms with Crippen LogP contribution < -0.4 is 10.4 Å². The number of aromatic nitrogens is 2. The molecule has 0 N–H and O–H groups in total. The third-order valence-electron chi connectivity index (χ3n) is 9.61. The van der Waals surface area contributed by atoms with Gasteiger partial charge in [-0.05, 0) is 53.6 Å². The highest BCUT2D eigenvalue weighted by Gasteiger charge is 2.22. The van der Waals surface area contributed by atoms with Crippen molar-refractivity contribution in [2.45, 2.75) is 39.3 Å². The van der Waals surface area contributed by atoms with Crippen LogP contribution in [-0.2, 0) is 0 Å². The van der Waals surface area contributed by atoms with Gasteiger partial charge in [0.1, 0.15) is 0 Å². The maximum absolute atomic E-state index is 2.51. The topological polar surface area (TPSA) is 9.86 Å². The second-order valence-electron chi connectivity index (χ2n) is 14.8. The van der Waals surface area contributed by atoms with Crippen LogP contribution in [0.1, 0.15) is 0 Å². The van der Waals surface area contributed by atoms with Gasteiger partial charge in [0.15, 0.2) is 0 Å². The van der Waals surface area contributed by atoms with E-state index < -0.39 is 16.1 Å². The van der Waals surface area contributed by atoms with Crippen molar-refractivity contribution in [1.29, 1.82) is 0 Å². The van der Waals surface area contributed by atoms with Gasteiger partial charge in [0, 0.05) is 32.9 Å². The maximum Gasteiger partial charge on any atom is 0.0776 e. The molecule has 0 saturated carbocycles. The van der Waals surface area contributed by atoms with Gasteiger partial charge in [-0.3, -0.25) is 0 Å². The number of fused-ring (bicyclic) bond motifs is 6. The Balaban J connectivity index is 1.50. The van der Waals surface area contributed by atoms with E-state index in [4.69, 9.17) is 0 Å². The fourth-order valence-electron chi connectivity index (χ4n) is 7.08. The number of para-hydroxylation sites is 2. The molecule has 6 aromatic carbocycles. The summed E-state index contributed by atoms with van der Waals surface area (Å²) < 4.78 is 5.01. The van der Waals surface area contributed by atoms with Gasteiger partial charge in [0.25, 0.3) is 0 Å². The SMILES string of the molecule is C[Si](C)(C)c1ccc2c3ccccc3n(-c3cc(-c4ccccc4)cc(-n4c5ccccc5c5ccc([Si](C)(C)C)cc54)c3)c2c1. The third-order valence-corrected chi connectivity index (χ3v) is 13.7. The zero-order valence-electron chi connectivity index (χ0n) is 27.6. The number of benzene rings is 6. The molecule has 0 fully saturated rings. The molecular formula is C42H40N2Si2. The van der Waals surface area contributed by atoms with Crippen molar-refractivity contribution in [3.63, 3.8) is 0 Å². The summed E-state index contributed by atoms with van der Waals surface area (Å²) in [5, 5.41) is 8.15. The van der Waals surface area contributed by atoms with E-state index in [1.807, 2.05) is 0 Å². The lowest BCUT2D eigenvalue weighted by atomic mass is 10.0. The summed E-state index contributed by atoms with van der Waals surface area (Å²) in [5.74, 6) is 0. The molecule has 0 amide bonds. The second kappa shape index (κ2) is 10.4. The van der Waals surface area contributed by atoms with Crippen LogP contribution in [0.2, 0.25) is 39.3 Å². The normalized spacial score (nSPS) is 12.6. The fourth-order valence-corrected chi connectivity index (χ4v) is 9.39. The molecular weight excluding hydrogens is 589 g/mol. The summed E-state index contributed by atoms with van der Waals surface area (Å²) in [6, 6.07) is 50.2. The number of nitrogens with zero attached hydrogens (tertiary/aromatic N) is 2. The van der Waals surface area contributed by atoms with E-state index in [0.29, 0.717) is 0 Å². The summed E-state index contributed by atoms with van der Waals surface area (Å²) in [6.45, 7) is 14.6. The molecule has 0 aliphatic rings. The minimum atomic E-state index is -1.54. The molecule has 0 aliphatic heterocycles. The van der Waals surface area contributed by atoms with Gasteiger partial charge >= 0.3 is 0 Å². The van der Waals surface area contributed by atoms with Crippen molar-refractivity contribution in [3.05, 3.63) is 133 Å². The average molecular weight is 629 g/mol. The standard InChI is InChI=1S/C42H40N2Si2/c1-45(2,3)33-20-22-37-35-16-10-12-18-39(35)43(41(37)27-33)31-24-30(29-14-8-7-9-15-29)25-32(26-31)44-40-19-13-11-17-36(40)38-23-21-34(28-42(38)44)46(4,5)6/h7-28H,1-6H3. The van der Waals surface area contributed by atoms with Crippen LogP contribution in [0, 0.1) is 0 Å². The molecule has 8 aromatic rings. The summed E-state index contributed by atoms with van der Waals surface area (Å²) >= 11 is 0. The molecule has 8 rings (SSSR count). The van der Waals surface area contributed by atoms with Gasteiger partial charge in [-0.15, -0.1) is 0 Å². The van der Waals surface area contributed by atoms with Crippen molar-refractivity contribution in [2.24, 2.45) is 0 Å². The first-order chi connectivity index (χ1) is 22.1. The van der Waals surface area contributed by atoms with Crippen LogP contribution in [-0.4, -0.2) is 25.3 Å². The monoisotopic (exact) mass is 628 g/mol. The summed E-state index contributed by atoms with van der Waals surface area (Å²) in [7, 11) is -3.08. The minimum Gasteiger partial charge on any atom is -0.309 e. The zero-order valence-corrected chi connectivity index (χ0v) is 29.6. The van der Waals surface area contributed by atoms with Crippen LogP contribution in [0.4, 0.5) is 0 Å². The van der Waals surface area contributed by atoms with E-state index in [-0.39, 0.29) is 0 Å². The Hall–Kier alpha value is -4.65. The van der Waals surface area contributed by atoms with Gasteiger partial charge in [-0.25, -0.2) is 0 Å². The van der Waals surface area contributed by atoms with Crippen LogP contribution in [0.3, 0.4) is 0 Å². The van der Waals surface area contributed by atoms with Crippen molar-refractivity contribution in [1.82, 2.24) is 9.13 Å². The van der Waals surface area contributed by atoms with E-state index in [1.54, 1.807) is 0 Å². The first-order valence-corrected chi connectivity index (χ1v) is 23.4. The lowest BCUT2D eigenvalue weighted by Gasteiger charge is -2.19. The van der Waals surface area contributed by atoms with E-state index in [1.165, 1.54) is 76.5 Å². The van der Waals surface area contributed by atoms with Crippen LogP contribution in [0.25, 0.3) is 66.1 Å². The summed E-state index contributed by atoms with van der Waals surface area (Å²) in [6.07, 6.45) is 0. The third kappa shape index (κ3) is 4.67. The molecule has 0 bridgehead atoms. The average Bonchev–Trinajstić information content (AvgIpc) is 3.56. The molecule has 0 unspecified atom stereocenters. The molecule has 0 saturated heterocycles. The van der Waals surface area contributed by atoms with Gasteiger partial charge in [0.05, 0.1) is 38.2 Å². The molecule has 226 valence electrons. The quantitative estimate of drug-likeness (QED) is 0.168. The number of hydrogen-bond acceptors (Lipinski definition) is 0. The Morgan fingerprint density at radius 2 is 0.761 bits per heavy atom. The van der Waals surface area contributed by atoms with Gasteiger partial charge in [0.2, 0.25) is 0 Å². The van der Waals surface area contributed by atoms with Crippen LogP contribution in [0.15, 0.2) is 133 Å². The van der Waals surface area contributed by atoms with Crippen molar-refractivity contribution >= 4 is 70.1 Å². The highest BCUT2D eigenvalue weighted by molar-refractivity contribution is 6.89.